The Morgan fingerprint density at radius 3 is 2.55 bits per heavy atom. The summed E-state index contributed by atoms with van der Waals surface area (Å²) in [6.45, 7) is 0. The first-order chi connectivity index (χ1) is 9.72. The lowest BCUT2D eigenvalue weighted by molar-refractivity contribution is 0.413. The fourth-order valence-electron chi connectivity index (χ4n) is 2.31. The number of methoxy groups -OCH3 is 1. The van der Waals surface area contributed by atoms with Crippen LogP contribution in [-0.2, 0) is 0 Å². The Kier molecular flexibility index (Phi) is 4.15. The third kappa shape index (κ3) is 2.41. The molecule has 1 aromatic heterocycles. The van der Waals surface area contributed by atoms with E-state index in [0.717, 1.165) is 10.2 Å². The Morgan fingerprint density at radius 1 is 1.05 bits per heavy atom. The molecule has 0 radical (unpaired) electrons. The van der Waals surface area contributed by atoms with Gasteiger partial charge in [-0.15, -0.1) is 11.3 Å². The maximum absolute atomic E-state index is 5.43. The van der Waals surface area contributed by atoms with Crippen LogP contribution in [0.15, 0.2) is 52.3 Å². The van der Waals surface area contributed by atoms with E-state index in [2.05, 4.69) is 73.6 Å². The number of thiophene rings is 1. The number of hydrogen-bond acceptors (Lipinski definition) is 2. The molecule has 0 aliphatic carbocycles. The van der Waals surface area contributed by atoms with Gasteiger partial charge in [-0.1, -0.05) is 62.2 Å². The number of ether oxygens (including phenoxy) is 1. The maximum atomic E-state index is 5.43. The smallest absolute Gasteiger partial charge is 0.134 e. The third-order valence-corrected chi connectivity index (χ3v) is 6.19. The highest BCUT2D eigenvalue weighted by Gasteiger charge is 2.19. The molecule has 102 valence electrons. The molecule has 0 fully saturated rings. The molecule has 0 saturated heterocycles. The zero-order valence-electron chi connectivity index (χ0n) is 10.8. The van der Waals surface area contributed by atoms with Crippen molar-refractivity contribution in [1.29, 1.82) is 0 Å². The number of hydrogen-bond donors (Lipinski definition) is 0. The van der Waals surface area contributed by atoms with Crippen molar-refractivity contribution in [3.05, 3.63) is 62.8 Å². The highest BCUT2D eigenvalue weighted by Crippen LogP contribution is 2.43. The predicted molar refractivity (Wildman–Crippen MR) is 93.3 cm³/mol. The number of rotatable bonds is 3. The van der Waals surface area contributed by atoms with Gasteiger partial charge in [0.05, 0.1) is 16.8 Å². The summed E-state index contributed by atoms with van der Waals surface area (Å²) in [6, 6.07) is 14.7. The minimum Gasteiger partial charge on any atom is -0.496 e. The average Bonchev–Trinajstić information content (AvgIpc) is 2.96. The largest absolute Gasteiger partial charge is 0.496 e. The van der Waals surface area contributed by atoms with E-state index in [9.17, 15) is 0 Å². The Bertz CT molecular complexity index is 751. The maximum Gasteiger partial charge on any atom is 0.134 e. The molecule has 0 amide bonds. The minimum absolute atomic E-state index is 0.135. The topological polar surface area (TPSA) is 9.23 Å². The zero-order chi connectivity index (χ0) is 14.1. The molecule has 0 N–H and O–H groups in total. The second kappa shape index (κ2) is 5.88. The van der Waals surface area contributed by atoms with Gasteiger partial charge in [-0.05, 0) is 33.8 Å². The van der Waals surface area contributed by atoms with E-state index in [1.165, 1.54) is 21.2 Å². The number of benzene rings is 2. The Hall–Kier alpha value is -0.840. The SMILES string of the molecule is COc1ccsc1C(Br)c1ccc(Br)c2ccccc12. The van der Waals surface area contributed by atoms with Gasteiger partial charge in [-0.2, -0.15) is 0 Å². The van der Waals surface area contributed by atoms with Crippen LogP contribution in [0.25, 0.3) is 10.8 Å². The lowest BCUT2D eigenvalue weighted by Gasteiger charge is -2.14. The van der Waals surface area contributed by atoms with Crippen LogP contribution in [0, 0.1) is 0 Å². The normalized spacial score (nSPS) is 12.6. The molecular formula is C16H12Br2OS. The van der Waals surface area contributed by atoms with Gasteiger partial charge in [0.2, 0.25) is 0 Å². The van der Waals surface area contributed by atoms with Crippen molar-refractivity contribution in [2.45, 2.75) is 4.83 Å². The van der Waals surface area contributed by atoms with Crippen LogP contribution < -0.4 is 4.74 Å². The molecule has 0 spiro atoms. The van der Waals surface area contributed by atoms with Crippen LogP contribution in [0.5, 0.6) is 5.75 Å². The van der Waals surface area contributed by atoms with E-state index >= 15 is 0 Å². The molecule has 4 heteroatoms. The molecule has 1 heterocycles. The summed E-state index contributed by atoms with van der Waals surface area (Å²) in [6.07, 6.45) is 0. The summed E-state index contributed by atoms with van der Waals surface area (Å²) < 4.78 is 6.55. The van der Waals surface area contributed by atoms with Crippen molar-refractivity contribution in [1.82, 2.24) is 0 Å². The number of alkyl halides is 1. The highest BCUT2D eigenvalue weighted by atomic mass is 79.9. The lowest BCUT2D eigenvalue weighted by Crippen LogP contribution is -1.94. The third-order valence-electron chi connectivity index (χ3n) is 3.29. The first kappa shape index (κ1) is 14.1. The first-order valence-electron chi connectivity index (χ1n) is 6.15. The van der Waals surface area contributed by atoms with Crippen LogP contribution in [0.2, 0.25) is 0 Å². The van der Waals surface area contributed by atoms with Crippen LogP contribution >= 0.6 is 43.2 Å². The van der Waals surface area contributed by atoms with Gasteiger partial charge in [0.25, 0.3) is 0 Å². The van der Waals surface area contributed by atoms with E-state index < -0.39 is 0 Å². The monoisotopic (exact) mass is 410 g/mol. The van der Waals surface area contributed by atoms with Crippen LogP contribution in [0.1, 0.15) is 15.3 Å². The summed E-state index contributed by atoms with van der Waals surface area (Å²) in [7, 11) is 1.71. The average molecular weight is 412 g/mol. The lowest BCUT2D eigenvalue weighted by atomic mass is 10.0. The summed E-state index contributed by atoms with van der Waals surface area (Å²) in [5.74, 6) is 0.934. The van der Waals surface area contributed by atoms with Crippen LogP contribution in [-0.4, -0.2) is 7.11 Å². The number of halogens is 2. The molecule has 1 nitrogen and oxygen atoms in total. The van der Waals surface area contributed by atoms with Crippen LogP contribution in [0.3, 0.4) is 0 Å². The second-order valence-corrected chi connectivity index (χ2v) is 7.12. The Morgan fingerprint density at radius 2 is 1.80 bits per heavy atom. The van der Waals surface area contributed by atoms with Crippen molar-refractivity contribution in [2.75, 3.05) is 7.11 Å². The summed E-state index contributed by atoms with van der Waals surface area (Å²) >= 11 is 9.15. The quantitative estimate of drug-likeness (QED) is 0.469. The van der Waals surface area contributed by atoms with Gasteiger partial charge >= 0.3 is 0 Å². The minimum atomic E-state index is 0.135. The fraction of sp³-hybridized carbons (Fsp3) is 0.125. The van der Waals surface area contributed by atoms with Crippen molar-refractivity contribution in [3.8, 4) is 5.75 Å². The molecule has 0 saturated carbocycles. The summed E-state index contributed by atoms with van der Waals surface area (Å²) in [5.41, 5.74) is 1.25. The molecule has 0 aliphatic rings. The van der Waals surface area contributed by atoms with Crippen molar-refractivity contribution in [2.24, 2.45) is 0 Å². The molecule has 1 unspecified atom stereocenters. The molecule has 3 rings (SSSR count). The molecule has 1 atom stereocenters. The molecule has 2 aromatic carbocycles. The predicted octanol–water partition coefficient (Wildman–Crippen LogP) is 6.16. The van der Waals surface area contributed by atoms with E-state index in [0.29, 0.717) is 0 Å². The van der Waals surface area contributed by atoms with Crippen molar-refractivity contribution in [3.63, 3.8) is 0 Å². The molecule has 20 heavy (non-hydrogen) atoms. The van der Waals surface area contributed by atoms with Crippen molar-refractivity contribution >= 4 is 54.0 Å². The van der Waals surface area contributed by atoms with Crippen molar-refractivity contribution < 1.29 is 4.74 Å². The standard InChI is InChI=1S/C16H12Br2OS/c1-19-14-8-9-20-16(14)15(18)12-6-7-13(17)11-5-3-2-4-10(11)12/h2-9,15H,1H3. The van der Waals surface area contributed by atoms with Gasteiger partial charge in [0.1, 0.15) is 5.75 Å². The van der Waals surface area contributed by atoms with Gasteiger partial charge in [-0.3, -0.25) is 0 Å². The van der Waals surface area contributed by atoms with Crippen LogP contribution in [0.4, 0.5) is 0 Å². The molecule has 0 aliphatic heterocycles. The van der Waals surface area contributed by atoms with E-state index in [4.69, 9.17) is 4.74 Å². The molecule has 0 bridgehead atoms. The fourth-order valence-corrected chi connectivity index (χ4v) is 4.59. The number of fused-ring (bicyclic) bond motifs is 1. The van der Waals surface area contributed by atoms with Gasteiger partial charge in [-0.25, -0.2) is 0 Å². The van der Waals surface area contributed by atoms with E-state index in [1.54, 1.807) is 18.4 Å². The Labute approximate surface area is 138 Å². The first-order valence-corrected chi connectivity index (χ1v) is 8.74. The van der Waals surface area contributed by atoms with Gasteiger partial charge in [0.15, 0.2) is 0 Å². The second-order valence-electron chi connectivity index (χ2n) is 4.40. The molecule has 3 aromatic rings. The Balaban J connectivity index is 2.17. The van der Waals surface area contributed by atoms with Gasteiger partial charge in [0, 0.05) is 4.47 Å². The van der Waals surface area contributed by atoms with E-state index in [1.807, 2.05) is 6.07 Å². The molecular weight excluding hydrogens is 400 g/mol. The highest BCUT2D eigenvalue weighted by molar-refractivity contribution is 9.10. The zero-order valence-corrected chi connectivity index (χ0v) is 14.8. The summed E-state index contributed by atoms with van der Waals surface area (Å²) in [4.78, 5) is 1.33. The summed E-state index contributed by atoms with van der Waals surface area (Å²) in [5, 5.41) is 4.54. The van der Waals surface area contributed by atoms with Gasteiger partial charge < -0.3 is 4.74 Å². The van der Waals surface area contributed by atoms with E-state index in [-0.39, 0.29) is 4.83 Å².